The third kappa shape index (κ3) is 5.15. The molecule has 32 heavy (non-hydrogen) atoms. The number of benzene rings is 3. The first-order valence-electron chi connectivity index (χ1n) is 9.90. The zero-order chi connectivity index (χ0) is 22.3. The van der Waals surface area contributed by atoms with E-state index in [9.17, 15) is 9.59 Å². The van der Waals surface area contributed by atoms with E-state index < -0.39 is 11.8 Å². The summed E-state index contributed by atoms with van der Waals surface area (Å²) in [5, 5.41) is 6.67. The van der Waals surface area contributed by atoms with Crippen LogP contribution in [0.2, 0.25) is 0 Å². The molecule has 1 heterocycles. The van der Waals surface area contributed by atoms with Gasteiger partial charge in [0.2, 0.25) is 12.7 Å². The quantitative estimate of drug-likeness (QED) is 0.388. The van der Waals surface area contributed by atoms with Gasteiger partial charge in [0.1, 0.15) is 0 Å². The second-order valence-corrected chi connectivity index (χ2v) is 7.85. The minimum Gasteiger partial charge on any atom is -0.454 e. The van der Waals surface area contributed by atoms with Crippen LogP contribution >= 0.6 is 15.9 Å². The Kier molecular flexibility index (Phi) is 6.81. The first kappa shape index (κ1) is 21.6. The highest BCUT2D eigenvalue weighted by Gasteiger charge is 2.22. The summed E-state index contributed by atoms with van der Waals surface area (Å²) in [6, 6.07) is 22.4. The van der Waals surface area contributed by atoms with Gasteiger partial charge in [-0.15, -0.1) is 0 Å². The smallest absolute Gasteiger partial charge is 0.259 e. The number of hydrogen-bond donors (Lipinski definition) is 2. The van der Waals surface area contributed by atoms with Crippen molar-refractivity contribution < 1.29 is 19.1 Å². The fourth-order valence-corrected chi connectivity index (χ4v) is 3.73. The molecule has 4 rings (SSSR count). The Morgan fingerprint density at radius 2 is 1.56 bits per heavy atom. The summed E-state index contributed by atoms with van der Waals surface area (Å²) in [7, 11) is 0. The molecule has 0 fully saturated rings. The summed E-state index contributed by atoms with van der Waals surface area (Å²) >= 11 is 3.43. The third-order valence-electron chi connectivity index (χ3n) is 4.84. The largest absolute Gasteiger partial charge is 0.454 e. The van der Waals surface area contributed by atoms with Crippen LogP contribution < -0.4 is 20.2 Å². The molecule has 0 bridgehead atoms. The van der Waals surface area contributed by atoms with E-state index >= 15 is 0 Å². The Morgan fingerprint density at radius 1 is 0.969 bits per heavy atom. The van der Waals surface area contributed by atoms with Gasteiger partial charge >= 0.3 is 0 Å². The molecule has 0 radical (unpaired) electrons. The summed E-state index contributed by atoms with van der Waals surface area (Å²) in [5.74, 6) is 0.0398. The zero-order valence-corrected chi connectivity index (χ0v) is 18.5. The van der Waals surface area contributed by atoms with Gasteiger partial charge in [-0.1, -0.05) is 60.7 Å². The Hall–Kier alpha value is -3.65. The van der Waals surface area contributed by atoms with Gasteiger partial charge in [-0.3, -0.25) is 9.59 Å². The fraction of sp³-hybridized carbons (Fsp3) is 0.125. The second-order valence-electron chi connectivity index (χ2n) is 6.99. The topological polar surface area (TPSA) is 89.0 Å². The molecule has 0 unspecified atom stereocenters. The molecular weight excluding hydrogens is 474 g/mol. The van der Waals surface area contributed by atoms with Crippen molar-refractivity contribution in [1.29, 1.82) is 0 Å². The highest BCUT2D eigenvalue weighted by atomic mass is 79.9. The molecule has 1 aliphatic rings. The van der Waals surface area contributed by atoms with E-state index in [1.54, 1.807) is 12.1 Å². The van der Waals surface area contributed by atoms with E-state index in [2.05, 4.69) is 31.8 Å². The maximum Gasteiger partial charge on any atom is 0.259 e. The van der Waals surface area contributed by atoms with Crippen molar-refractivity contribution in [3.63, 3.8) is 0 Å². The Labute approximate surface area is 193 Å². The molecule has 0 saturated carbocycles. The van der Waals surface area contributed by atoms with Gasteiger partial charge in [-0.2, -0.15) is 5.10 Å². The maximum atomic E-state index is 12.9. The summed E-state index contributed by atoms with van der Waals surface area (Å²) < 4.78 is 11.4. The van der Waals surface area contributed by atoms with Gasteiger partial charge in [-0.05, 0) is 39.2 Å². The molecule has 3 aromatic carbocycles. The summed E-state index contributed by atoms with van der Waals surface area (Å²) in [5.41, 5.74) is 4.84. The van der Waals surface area contributed by atoms with Crippen molar-refractivity contribution in [3.8, 4) is 11.5 Å². The third-order valence-corrected chi connectivity index (χ3v) is 5.52. The SMILES string of the molecule is O=C(CNC(=O)C(c1ccccc1)c1ccccc1)N/N=C\c1cc2c(cc1Br)OCO2. The Bertz CT molecular complexity index is 1100. The van der Waals surface area contributed by atoms with E-state index in [1.807, 2.05) is 60.7 Å². The van der Waals surface area contributed by atoms with Crippen molar-refractivity contribution in [1.82, 2.24) is 10.7 Å². The molecular formula is C24H20BrN3O4. The standard InChI is InChI=1S/C24H20BrN3O4/c25-19-12-21-20(31-15-32-21)11-18(19)13-27-28-22(29)14-26-24(30)23(16-7-3-1-4-8-16)17-9-5-2-6-10-17/h1-13,23H,14-15H2,(H,26,30)(H,28,29)/b27-13-. The molecule has 0 saturated heterocycles. The van der Waals surface area contributed by atoms with Gasteiger partial charge in [0.25, 0.3) is 5.91 Å². The van der Waals surface area contributed by atoms with Gasteiger partial charge < -0.3 is 14.8 Å². The van der Waals surface area contributed by atoms with Gasteiger partial charge in [0.05, 0.1) is 18.7 Å². The first-order valence-corrected chi connectivity index (χ1v) is 10.7. The molecule has 8 heteroatoms. The number of halogens is 1. The number of carbonyl (C=O) groups is 2. The number of carbonyl (C=O) groups excluding carboxylic acids is 2. The van der Waals surface area contributed by atoms with E-state index in [0.717, 1.165) is 15.6 Å². The zero-order valence-electron chi connectivity index (χ0n) is 17.0. The highest BCUT2D eigenvalue weighted by Crippen LogP contribution is 2.36. The number of amides is 2. The van der Waals surface area contributed by atoms with Crippen LogP contribution in [-0.4, -0.2) is 31.4 Å². The van der Waals surface area contributed by atoms with Crippen LogP contribution in [0.5, 0.6) is 11.5 Å². The average molecular weight is 494 g/mol. The lowest BCUT2D eigenvalue weighted by Crippen LogP contribution is -2.37. The average Bonchev–Trinajstić information content (AvgIpc) is 3.26. The fourth-order valence-electron chi connectivity index (χ4n) is 3.30. The van der Waals surface area contributed by atoms with Crippen LogP contribution in [0.1, 0.15) is 22.6 Å². The van der Waals surface area contributed by atoms with E-state index in [1.165, 1.54) is 6.21 Å². The normalized spacial score (nSPS) is 12.2. The molecule has 0 aromatic heterocycles. The minimum atomic E-state index is -0.515. The molecule has 162 valence electrons. The van der Waals surface area contributed by atoms with Gasteiger partial charge in [0, 0.05) is 10.0 Å². The molecule has 1 aliphatic heterocycles. The molecule has 3 aromatic rings. The van der Waals surface area contributed by atoms with Crippen molar-refractivity contribution in [2.24, 2.45) is 5.10 Å². The van der Waals surface area contributed by atoms with Crippen LogP contribution in [-0.2, 0) is 9.59 Å². The van der Waals surface area contributed by atoms with Gasteiger partial charge in [0.15, 0.2) is 11.5 Å². The van der Waals surface area contributed by atoms with Crippen molar-refractivity contribution in [2.45, 2.75) is 5.92 Å². The summed E-state index contributed by atoms with van der Waals surface area (Å²) in [6.07, 6.45) is 1.49. The number of hydrogen-bond acceptors (Lipinski definition) is 5. The molecule has 2 N–H and O–H groups in total. The number of nitrogens with one attached hydrogen (secondary N) is 2. The number of fused-ring (bicyclic) bond motifs is 1. The Balaban J connectivity index is 1.36. The number of nitrogens with zero attached hydrogens (tertiary/aromatic N) is 1. The first-order chi connectivity index (χ1) is 15.6. The number of rotatable bonds is 7. The van der Waals surface area contributed by atoms with E-state index in [0.29, 0.717) is 17.1 Å². The van der Waals surface area contributed by atoms with Crippen molar-refractivity contribution >= 4 is 34.0 Å². The van der Waals surface area contributed by atoms with Crippen LogP contribution in [0.4, 0.5) is 0 Å². The van der Waals surface area contributed by atoms with E-state index in [-0.39, 0.29) is 19.2 Å². The molecule has 0 spiro atoms. The lowest BCUT2D eigenvalue weighted by Gasteiger charge is -2.17. The van der Waals surface area contributed by atoms with Crippen LogP contribution in [0.15, 0.2) is 82.4 Å². The lowest BCUT2D eigenvalue weighted by molar-refractivity contribution is -0.126. The van der Waals surface area contributed by atoms with Crippen LogP contribution in [0.25, 0.3) is 0 Å². The molecule has 0 atom stereocenters. The second kappa shape index (κ2) is 10.1. The van der Waals surface area contributed by atoms with Crippen molar-refractivity contribution in [2.75, 3.05) is 13.3 Å². The molecule has 2 amide bonds. The molecule has 0 aliphatic carbocycles. The van der Waals surface area contributed by atoms with E-state index in [4.69, 9.17) is 9.47 Å². The van der Waals surface area contributed by atoms with Gasteiger partial charge in [-0.25, -0.2) is 5.43 Å². The predicted molar refractivity (Wildman–Crippen MR) is 124 cm³/mol. The van der Waals surface area contributed by atoms with Crippen LogP contribution in [0.3, 0.4) is 0 Å². The predicted octanol–water partition coefficient (Wildman–Crippen LogP) is 3.58. The number of ether oxygens (including phenoxy) is 2. The molecule has 7 nitrogen and oxygen atoms in total. The summed E-state index contributed by atoms with van der Waals surface area (Å²) in [4.78, 5) is 25.1. The van der Waals surface area contributed by atoms with Crippen LogP contribution in [0, 0.1) is 0 Å². The monoisotopic (exact) mass is 493 g/mol. The summed E-state index contributed by atoms with van der Waals surface area (Å²) in [6.45, 7) is -0.0274. The highest BCUT2D eigenvalue weighted by molar-refractivity contribution is 9.10. The van der Waals surface area contributed by atoms with Crippen molar-refractivity contribution in [3.05, 3.63) is 94.0 Å². The minimum absolute atomic E-state index is 0.172. The lowest BCUT2D eigenvalue weighted by atomic mass is 9.90. The Morgan fingerprint density at radius 3 is 2.19 bits per heavy atom. The maximum absolute atomic E-state index is 12.9. The number of hydrazone groups is 1.